The molecule has 15 nitrogen and oxygen atoms in total. The molecule has 1 saturated heterocycles. The second-order valence-corrected chi connectivity index (χ2v) is 12.9. The SMILES string of the molecule is CNCCCn1ccc2c1ccc[n+]2CC1=C(C(=O)[O-])N2C(=O)C(NC(=O)/C(=N\O[C@H](C)C(=O)O)c3nc(N)sc3Cl)C2SC1. The summed E-state index contributed by atoms with van der Waals surface area (Å²) in [6.07, 6.45) is 3.37. The summed E-state index contributed by atoms with van der Waals surface area (Å²) in [6.45, 7) is 3.10. The number of carbonyl (C=O) groups excluding carboxylic acids is 3. The number of nitrogen functional groups attached to an aromatic ring is 1. The molecule has 1 fully saturated rings. The highest BCUT2D eigenvalue weighted by Crippen LogP contribution is 2.40. The molecule has 3 aromatic heterocycles. The van der Waals surface area contributed by atoms with E-state index >= 15 is 0 Å². The molecule has 18 heteroatoms. The summed E-state index contributed by atoms with van der Waals surface area (Å²) in [5.41, 5.74) is 7.20. The van der Waals surface area contributed by atoms with Crippen LogP contribution in [0.5, 0.6) is 0 Å². The summed E-state index contributed by atoms with van der Waals surface area (Å²) < 4.78 is 4.05. The summed E-state index contributed by atoms with van der Waals surface area (Å²) >= 11 is 8.31. The number of hydrogen-bond donors (Lipinski definition) is 4. The van der Waals surface area contributed by atoms with Crippen LogP contribution < -0.4 is 26.0 Å². The van der Waals surface area contributed by atoms with Crippen LogP contribution in [0, 0.1) is 0 Å². The summed E-state index contributed by atoms with van der Waals surface area (Å²) in [5.74, 6) is -4.19. The van der Waals surface area contributed by atoms with Crippen molar-refractivity contribution >= 4 is 80.3 Å². The van der Waals surface area contributed by atoms with E-state index in [4.69, 9.17) is 27.3 Å². The molecule has 45 heavy (non-hydrogen) atoms. The molecule has 3 aromatic rings. The molecule has 0 aliphatic carbocycles. The van der Waals surface area contributed by atoms with E-state index in [0.29, 0.717) is 5.57 Å². The van der Waals surface area contributed by atoms with Crippen LogP contribution in [0.25, 0.3) is 11.0 Å². The summed E-state index contributed by atoms with van der Waals surface area (Å²) in [7, 11) is 1.90. The number of aryl methyl sites for hydroxylation is 1. The number of carboxylic acid groups (broad SMARTS) is 2. The van der Waals surface area contributed by atoms with E-state index in [-0.39, 0.29) is 33.2 Å². The maximum atomic E-state index is 13.3. The van der Waals surface area contributed by atoms with Crippen molar-refractivity contribution in [3.8, 4) is 0 Å². The summed E-state index contributed by atoms with van der Waals surface area (Å²) in [4.78, 5) is 60.2. The first-order valence-corrected chi connectivity index (χ1v) is 16.0. The van der Waals surface area contributed by atoms with E-state index in [1.807, 2.05) is 42.2 Å². The van der Waals surface area contributed by atoms with Gasteiger partial charge in [-0.3, -0.25) is 14.5 Å². The normalized spacial score (nSPS) is 18.9. The molecule has 2 amide bonds. The first-order chi connectivity index (χ1) is 21.5. The molecule has 2 aliphatic rings. The minimum Gasteiger partial charge on any atom is -0.543 e. The highest BCUT2D eigenvalue weighted by Gasteiger charge is 2.53. The number of carboxylic acids is 2. The van der Waals surface area contributed by atoms with E-state index in [1.165, 1.54) is 18.7 Å². The lowest BCUT2D eigenvalue weighted by molar-refractivity contribution is -0.663. The van der Waals surface area contributed by atoms with Crippen molar-refractivity contribution in [1.29, 1.82) is 0 Å². The molecule has 0 bridgehead atoms. The predicted octanol–water partition coefficient (Wildman–Crippen LogP) is -0.472. The fourth-order valence-corrected chi connectivity index (χ4v) is 7.28. The number of thioether (sulfide) groups is 1. The Bertz CT molecular complexity index is 1740. The van der Waals surface area contributed by atoms with E-state index in [9.17, 15) is 24.3 Å². The molecule has 2 aliphatic heterocycles. The van der Waals surface area contributed by atoms with Gasteiger partial charge in [0.2, 0.25) is 11.6 Å². The molecular weight excluding hydrogens is 648 g/mol. The van der Waals surface area contributed by atoms with Crippen LogP contribution in [0.15, 0.2) is 47.0 Å². The van der Waals surface area contributed by atoms with Crippen LogP contribution in [0.3, 0.4) is 0 Å². The topological polar surface area (TPSA) is 208 Å². The number of aliphatic carboxylic acids is 2. The largest absolute Gasteiger partial charge is 0.543 e. The predicted molar refractivity (Wildman–Crippen MR) is 164 cm³/mol. The number of thiazole rings is 1. The summed E-state index contributed by atoms with van der Waals surface area (Å²) in [6, 6.07) is 4.72. The molecule has 5 N–H and O–H groups in total. The first kappa shape index (κ1) is 32.2. The fraction of sp³-hybridized carbons (Fsp3) is 0.370. The van der Waals surface area contributed by atoms with Gasteiger partial charge in [0.1, 0.15) is 27.0 Å². The maximum Gasteiger partial charge on any atom is 0.347 e. The molecular formula is C27H29ClN8O7S2. The third kappa shape index (κ3) is 6.47. The Morgan fingerprint density at radius 3 is 2.82 bits per heavy atom. The van der Waals surface area contributed by atoms with Gasteiger partial charge >= 0.3 is 5.97 Å². The Labute approximate surface area is 269 Å². The van der Waals surface area contributed by atoms with Gasteiger partial charge in [0.15, 0.2) is 23.6 Å². The van der Waals surface area contributed by atoms with Crippen LogP contribution in [0.4, 0.5) is 5.13 Å². The van der Waals surface area contributed by atoms with Crippen molar-refractivity contribution in [3.63, 3.8) is 0 Å². The van der Waals surface area contributed by atoms with Gasteiger partial charge < -0.3 is 40.8 Å². The number of nitrogens with one attached hydrogen (secondary N) is 2. The zero-order valence-electron chi connectivity index (χ0n) is 24.1. The van der Waals surface area contributed by atoms with Crippen LogP contribution >= 0.6 is 34.7 Å². The van der Waals surface area contributed by atoms with E-state index in [2.05, 4.69) is 25.3 Å². The molecule has 5 rings (SSSR count). The second kappa shape index (κ2) is 13.4. The van der Waals surface area contributed by atoms with Gasteiger partial charge in [-0.1, -0.05) is 28.1 Å². The smallest absolute Gasteiger partial charge is 0.347 e. The Balaban J connectivity index is 1.36. The van der Waals surface area contributed by atoms with Gasteiger partial charge in [0.05, 0.1) is 11.7 Å². The van der Waals surface area contributed by atoms with Gasteiger partial charge in [0.25, 0.3) is 11.8 Å². The lowest BCUT2D eigenvalue weighted by atomic mass is 10.0. The number of β-lactam (4-membered cyclic amide) rings is 1. The van der Waals surface area contributed by atoms with Crippen LogP contribution in [-0.2, 0) is 37.1 Å². The number of fused-ring (bicyclic) bond motifs is 2. The third-order valence-electron chi connectivity index (χ3n) is 7.22. The third-order valence-corrected chi connectivity index (χ3v) is 9.64. The van der Waals surface area contributed by atoms with Crippen LogP contribution in [0.1, 0.15) is 19.0 Å². The lowest BCUT2D eigenvalue weighted by Gasteiger charge is -2.50. The number of pyridine rings is 1. The standard InChI is InChI=1S/C27H29ClN8O7S2/c1-13(25(39)40)43-33-18(17-21(28)45-27(29)32-17)22(37)31-19-23(38)36-20(26(41)42)14(12-44-24(19)36)11-35-8-3-5-15-16(35)6-10-34(15)9-4-7-30-2/h3,5-6,8,10,13,19,24,30H,4,7,9,11-12H2,1-2H3,(H4-,29,31,32,37,39,40,41,42)/b33-18-/t13-,19?,24?/m1/s1. The van der Waals surface area contributed by atoms with E-state index in [1.54, 1.807) is 0 Å². The monoisotopic (exact) mass is 676 g/mol. The molecule has 0 saturated carbocycles. The Morgan fingerprint density at radius 2 is 2.16 bits per heavy atom. The van der Waals surface area contributed by atoms with Crippen molar-refractivity contribution in [2.75, 3.05) is 25.1 Å². The zero-order valence-corrected chi connectivity index (χ0v) is 26.4. The minimum absolute atomic E-state index is 0.00535. The fourth-order valence-electron chi connectivity index (χ4n) is 5.02. The van der Waals surface area contributed by atoms with Crippen molar-refractivity contribution in [1.82, 2.24) is 25.1 Å². The number of oxime groups is 1. The Morgan fingerprint density at radius 1 is 1.38 bits per heavy atom. The number of aromatic nitrogens is 3. The number of nitrogens with zero attached hydrogens (tertiary/aromatic N) is 5. The average Bonchev–Trinajstić information content (AvgIpc) is 3.57. The summed E-state index contributed by atoms with van der Waals surface area (Å²) in [5, 5.41) is 30.1. The number of hydrogen-bond acceptors (Lipinski definition) is 12. The van der Waals surface area contributed by atoms with Crippen molar-refractivity contribution in [2.24, 2.45) is 5.16 Å². The van der Waals surface area contributed by atoms with Crippen molar-refractivity contribution in [3.05, 3.63) is 51.9 Å². The number of nitrogens with two attached hydrogens (primary N) is 1. The number of rotatable bonds is 13. The molecule has 5 heterocycles. The number of halogens is 1. The van der Waals surface area contributed by atoms with Gasteiger partial charge in [-0.15, -0.1) is 11.8 Å². The van der Waals surface area contributed by atoms with Gasteiger partial charge in [0, 0.05) is 36.2 Å². The van der Waals surface area contributed by atoms with E-state index in [0.717, 1.165) is 46.8 Å². The second-order valence-electron chi connectivity index (χ2n) is 10.2. The average molecular weight is 677 g/mol. The van der Waals surface area contributed by atoms with Gasteiger partial charge in [-0.05, 0) is 33.0 Å². The van der Waals surface area contributed by atoms with Crippen molar-refractivity contribution < 1.29 is 38.8 Å². The molecule has 0 radical (unpaired) electrons. The maximum absolute atomic E-state index is 13.3. The molecule has 0 spiro atoms. The molecule has 238 valence electrons. The quantitative estimate of drug-likeness (QED) is 0.0598. The first-order valence-electron chi connectivity index (χ1n) is 13.7. The lowest BCUT2D eigenvalue weighted by Crippen LogP contribution is -2.71. The van der Waals surface area contributed by atoms with E-state index < -0.39 is 47.0 Å². The molecule has 3 atom stereocenters. The van der Waals surface area contributed by atoms with Crippen molar-refractivity contribution in [2.45, 2.75) is 44.0 Å². The Kier molecular flexibility index (Phi) is 9.62. The highest BCUT2D eigenvalue weighted by molar-refractivity contribution is 8.00. The minimum atomic E-state index is -1.51. The zero-order chi connectivity index (χ0) is 32.4. The van der Waals surface area contributed by atoms with Gasteiger partial charge in [-0.2, -0.15) is 4.57 Å². The van der Waals surface area contributed by atoms with Crippen LogP contribution in [-0.4, -0.2) is 85.9 Å². The number of amides is 2. The molecule has 2 unspecified atom stereocenters. The highest BCUT2D eigenvalue weighted by atomic mass is 35.5. The Hall–Kier alpha value is -4.19. The molecule has 0 aromatic carbocycles. The number of anilines is 1. The van der Waals surface area contributed by atoms with Crippen LogP contribution in [0.2, 0.25) is 4.34 Å². The number of carbonyl (C=O) groups is 4. The van der Waals surface area contributed by atoms with Gasteiger partial charge in [-0.25, -0.2) is 9.78 Å².